The van der Waals surface area contributed by atoms with Crippen molar-refractivity contribution in [2.45, 2.75) is 50.6 Å². The number of hydrogen-bond donors (Lipinski definition) is 2. The Kier molecular flexibility index (Phi) is 9.80. The van der Waals surface area contributed by atoms with Gasteiger partial charge in [-0.15, -0.1) is 0 Å². The summed E-state index contributed by atoms with van der Waals surface area (Å²) in [7, 11) is -3.71. The van der Waals surface area contributed by atoms with Gasteiger partial charge in [-0.3, -0.25) is 4.79 Å². The molecule has 1 aromatic heterocycles. The van der Waals surface area contributed by atoms with E-state index in [1.165, 1.54) is 0 Å². The first-order valence-electron chi connectivity index (χ1n) is 14.1. The number of nitrogens with one attached hydrogen (secondary N) is 1. The van der Waals surface area contributed by atoms with E-state index in [0.717, 1.165) is 29.5 Å². The fraction of sp³-hybridized carbons (Fsp3) is 0.290. The van der Waals surface area contributed by atoms with E-state index in [1.807, 2.05) is 60.7 Å². The minimum Gasteiger partial charge on any atom is -0.389 e. The molecule has 1 aliphatic heterocycles. The molecule has 0 saturated carbocycles. The number of carbonyl (C=O) groups excluding carboxylic acids is 1. The quantitative estimate of drug-likeness (QED) is 0.142. The molecule has 0 radical (unpaired) electrons. The summed E-state index contributed by atoms with van der Waals surface area (Å²) >= 11 is 0. The summed E-state index contributed by atoms with van der Waals surface area (Å²) in [5.41, 5.74) is 9.38. The zero-order chi connectivity index (χ0) is 30.1. The number of aromatic nitrogens is 2. The van der Waals surface area contributed by atoms with Gasteiger partial charge in [0, 0.05) is 18.5 Å². The van der Waals surface area contributed by atoms with E-state index < -0.39 is 16.1 Å². The molecule has 3 N–H and O–H groups in total. The van der Waals surface area contributed by atoms with E-state index in [-0.39, 0.29) is 24.0 Å². The van der Waals surface area contributed by atoms with Gasteiger partial charge in [0.25, 0.3) is 0 Å². The monoisotopic (exact) mass is 602 g/mol. The third-order valence-corrected chi connectivity index (χ3v) is 8.34. The Bertz CT molecular complexity index is 1630. The largest absolute Gasteiger partial charge is 0.389 e. The second-order valence-electron chi connectivity index (χ2n) is 10.4. The first-order chi connectivity index (χ1) is 20.8. The first kappa shape index (κ1) is 29.9. The molecular formula is C31H34N6O5S. The van der Waals surface area contributed by atoms with E-state index >= 15 is 0 Å². The van der Waals surface area contributed by atoms with Gasteiger partial charge >= 0.3 is 0 Å². The number of benzene rings is 3. The molecule has 1 saturated heterocycles. The van der Waals surface area contributed by atoms with Crippen LogP contribution in [0.5, 0.6) is 0 Å². The molecule has 0 bridgehead atoms. The molecule has 1 aliphatic rings. The van der Waals surface area contributed by atoms with Crippen LogP contribution in [0.2, 0.25) is 0 Å². The van der Waals surface area contributed by atoms with Crippen molar-refractivity contribution in [1.82, 2.24) is 19.8 Å². The van der Waals surface area contributed by atoms with Gasteiger partial charge in [-0.2, -0.15) is 4.98 Å². The highest BCUT2D eigenvalue weighted by Gasteiger charge is 2.31. The number of rotatable bonds is 12. The summed E-state index contributed by atoms with van der Waals surface area (Å²) in [5.74, 6) is 0.550. The highest BCUT2D eigenvalue weighted by Crippen LogP contribution is 2.17. The van der Waals surface area contributed by atoms with Crippen LogP contribution < -0.4 is 10.5 Å². The fourth-order valence-corrected chi connectivity index (χ4v) is 6.16. The minimum absolute atomic E-state index is 0.109. The Hall–Kier alpha value is -4.55. The Morgan fingerprint density at radius 2 is 1.67 bits per heavy atom. The van der Waals surface area contributed by atoms with Crippen molar-refractivity contribution in [1.29, 1.82) is 0 Å². The molecule has 11 nitrogen and oxygen atoms in total. The number of carbonyl (C=O) groups is 1. The van der Waals surface area contributed by atoms with Crippen molar-refractivity contribution in [2.24, 2.45) is 10.9 Å². The molecule has 43 heavy (non-hydrogen) atoms. The summed E-state index contributed by atoms with van der Waals surface area (Å²) < 4.78 is 33.6. The number of amides is 1. The number of oxime groups is 1. The van der Waals surface area contributed by atoms with Crippen molar-refractivity contribution in [3.8, 4) is 0 Å². The Labute approximate surface area is 250 Å². The summed E-state index contributed by atoms with van der Waals surface area (Å²) in [4.78, 5) is 24.7. The molecule has 1 atom stereocenters. The predicted octanol–water partition coefficient (Wildman–Crippen LogP) is 3.50. The minimum atomic E-state index is -3.71. The van der Waals surface area contributed by atoms with Gasteiger partial charge in [-0.25, -0.2) is 13.1 Å². The molecule has 0 unspecified atom stereocenters. The molecule has 1 fully saturated rings. The Morgan fingerprint density at radius 1 is 0.977 bits per heavy atom. The molecule has 0 aliphatic carbocycles. The zero-order valence-electron chi connectivity index (χ0n) is 23.6. The van der Waals surface area contributed by atoms with E-state index in [4.69, 9.17) is 15.1 Å². The number of hydrogen-bond acceptors (Lipinski definition) is 8. The van der Waals surface area contributed by atoms with Crippen LogP contribution in [0, 0.1) is 0 Å². The van der Waals surface area contributed by atoms with Gasteiger partial charge in [0.15, 0.2) is 11.7 Å². The van der Waals surface area contributed by atoms with E-state index in [9.17, 15) is 13.2 Å². The second kappa shape index (κ2) is 14.1. The van der Waals surface area contributed by atoms with Gasteiger partial charge in [0.2, 0.25) is 21.8 Å². The maximum atomic E-state index is 13.3. The SMILES string of the molecule is NC(=NOCc1ccccc1)c1ccc(Cc2noc(CN3CCCC[C@H](NS(=O)(=O)Cc4ccccc4)C3=O)n2)cc1. The van der Waals surface area contributed by atoms with Crippen molar-refractivity contribution >= 4 is 21.8 Å². The Balaban J connectivity index is 1.15. The summed E-state index contributed by atoms with van der Waals surface area (Å²) in [6.45, 7) is 0.915. The lowest BCUT2D eigenvalue weighted by molar-refractivity contribution is -0.133. The molecular weight excluding hydrogens is 568 g/mol. The van der Waals surface area contributed by atoms with Crippen molar-refractivity contribution in [2.75, 3.05) is 6.54 Å². The van der Waals surface area contributed by atoms with Crippen molar-refractivity contribution < 1.29 is 22.6 Å². The van der Waals surface area contributed by atoms with Crippen LogP contribution in [-0.4, -0.2) is 47.8 Å². The van der Waals surface area contributed by atoms with Crippen LogP contribution in [0.1, 0.15) is 53.2 Å². The molecule has 224 valence electrons. The number of nitrogens with two attached hydrogens (primary N) is 1. The first-order valence-corrected chi connectivity index (χ1v) is 15.7. The van der Waals surface area contributed by atoms with Gasteiger partial charge in [0.05, 0.1) is 5.75 Å². The summed E-state index contributed by atoms with van der Waals surface area (Å²) in [5, 5.41) is 8.08. The van der Waals surface area contributed by atoms with Gasteiger partial charge in [-0.1, -0.05) is 95.2 Å². The standard InChI is InChI=1S/C31H34N6O5S/c32-30(35-41-21-24-9-3-1-4-10-24)26-16-14-23(15-17-26)19-28-33-29(42-34-28)20-37-18-8-7-13-27(31(37)38)36-43(39,40)22-25-11-5-2-6-12-25/h1-6,9-12,14-17,27,36H,7-8,13,18-22H2,(H2,32,35)/t27-/m0/s1. The van der Waals surface area contributed by atoms with Gasteiger partial charge < -0.3 is 20.0 Å². The van der Waals surface area contributed by atoms with E-state index in [2.05, 4.69) is 20.0 Å². The molecule has 5 rings (SSSR count). The molecule has 1 amide bonds. The van der Waals surface area contributed by atoms with Crippen molar-refractivity contribution in [3.63, 3.8) is 0 Å². The van der Waals surface area contributed by atoms with E-state index in [1.54, 1.807) is 29.2 Å². The third kappa shape index (κ3) is 8.72. The van der Waals surface area contributed by atoms with Crippen LogP contribution in [-0.2, 0) is 45.0 Å². The molecule has 4 aromatic rings. The lowest BCUT2D eigenvalue weighted by Gasteiger charge is -2.23. The summed E-state index contributed by atoms with van der Waals surface area (Å²) in [6.07, 6.45) is 2.32. The molecule has 12 heteroatoms. The lowest BCUT2D eigenvalue weighted by atomic mass is 10.1. The fourth-order valence-electron chi connectivity index (χ4n) is 4.79. The van der Waals surface area contributed by atoms with Gasteiger partial charge in [-0.05, 0) is 36.0 Å². The van der Waals surface area contributed by atoms with E-state index in [0.29, 0.717) is 43.3 Å². The van der Waals surface area contributed by atoms with Crippen molar-refractivity contribution in [3.05, 3.63) is 119 Å². The third-order valence-electron chi connectivity index (χ3n) is 6.99. The highest BCUT2D eigenvalue weighted by atomic mass is 32.2. The van der Waals surface area contributed by atoms with Crippen LogP contribution in [0.4, 0.5) is 0 Å². The average molecular weight is 603 g/mol. The maximum Gasteiger partial charge on any atom is 0.246 e. The van der Waals surface area contributed by atoms with Crippen LogP contribution in [0.3, 0.4) is 0 Å². The van der Waals surface area contributed by atoms with Crippen LogP contribution in [0.15, 0.2) is 94.6 Å². The second-order valence-corrected chi connectivity index (χ2v) is 12.1. The van der Waals surface area contributed by atoms with Gasteiger partial charge in [0.1, 0.15) is 19.2 Å². The smallest absolute Gasteiger partial charge is 0.246 e. The molecule has 2 heterocycles. The lowest BCUT2D eigenvalue weighted by Crippen LogP contribution is -2.47. The molecule has 3 aromatic carbocycles. The summed E-state index contributed by atoms with van der Waals surface area (Å²) in [6, 6.07) is 25.2. The van der Waals surface area contributed by atoms with Crippen LogP contribution >= 0.6 is 0 Å². The zero-order valence-corrected chi connectivity index (χ0v) is 24.4. The maximum absolute atomic E-state index is 13.3. The normalized spacial score (nSPS) is 16.2. The topological polar surface area (TPSA) is 153 Å². The number of amidine groups is 1. The average Bonchev–Trinajstić information content (AvgIpc) is 3.38. The van der Waals surface area contributed by atoms with Crippen LogP contribution in [0.25, 0.3) is 0 Å². The number of nitrogens with zero attached hydrogens (tertiary/aromatic N) is 4. The number of likely N-dealkylation sites (tertiary alicyclic amines) is 1. The highest BCUT2D eigenvalue weighted by molar-refractivity contribution is 7.88. The predicted molar refractivity (Wildman–Crippen MR) is 161 cm³/mol. The number of sulfonamides is 1. The Morgan fingerprint density at radius 3 is 2.40 bits per heavy atom. The molecule has 0 spiro atoms.